The Morgan fingerprint density at radius 2 is 1.93 bits per heavy atom. The van der Waals surface area contributed by atoms with E-state index in [4.69, 9.17) is 18.9 Å². The number of benzene rings is 2. The van der Waals surface area contributed by atoms with Crippen molar-refractivity contribution in [2.24, 2.45) is 0 Å². The molecular weight excluding hydrogens is 360 g/mol. The number of carbonyl (C=O) groups excluding carboxylic acids is 1. The molecule has 0 radical (unpaired) electrons. The topological polar surface area (TPSA) is 78.9 Å². The Bertz CT molecular complexity index is 1060. The van der Waals surface area contributed by atoms with Gasteiger partial charge in [0.25, 0.3) is 5.91 Å². The highest BCUT2D eigenvalue weighted by Crippen LogP contribution is 2.44. The van der Waals surface area contributed by atoms with Crippen LogP contribution in [0.25, 0.3) is 10.9 Å². The monoisotopic (exact) mass is 380 g/mol. The highest BCUT2D eigenvalue weighted by Gasteiger charge is 2.24. The summed E-state index contributed by atoms with van der Waals surface area (Å²) < 4.78 is 22.7. The number of hydrogen-bond acceptors (Lipinski definition) is 6. The van der Waals surface area contributed by atoms with Crippen LogP contribution in [0.1, 0.15) is 15.9 Å². The van der Waals surface area contributed by atoms with Gasteiger partial charge in [0, 0.05) is 42.9 Å². The van der Waals surface area contributed by atoms with Gasteiger partial charge in [-0.15, -0.1) is 0 Å². The first-order valence-electron chi connectivity index (χ1n) is 8.85. The minimum atomic E-state index is -0.220. The number of hydrogen-bond donors (Lipinski definition) is 1. The van der Waals surface area contributed by atoms with Crippen LogP contribution in [0, 0.1) is 0 Å². The number of amides is 1. The van der Waals surface area contributed by atoms with E-state index in [0.29, 0.717) is 35.2 Å². The van der Waals surface area contributed by atoms with Crippen molar-refractivity contribution in [2.75, 3.05) is 27.9 Å². The van der Waals surface area contributed by atoms with Gasteiger partial charge in [-0.3, -0.25) is 9.78 Å². The van der Waals surface area contributed by atoms with E-state index in [1.54, 1.807) is 51.7 Å². The summed E-state index contributed by atoms with van der Waals surface area (Å²) in [4.78, 5) is 16.5. The quantitative estimate of drug-likeness (QED) is 0.731. The molecule has 0 atom stereocenters. The number of fused-ring (bicyclic) bond motifs is 3. The van der Waals surface area contributed by atoms with Crippen LogP contribution in [-0.2, 0) is 6.42 Å². The van der Waals surface area contributed by atoms with Gasteiger partial charge in [0.05, 0.1) is 31.7 Å². The molecule has 28 heavy (non-hydrogen) atoms. The molecule has 0 spiro atoms. The van der Waals surface area contributed by atoms with Gasteiger partial charge in [-0.2, -0.15) is 0 Å². The maximum absolute atomic E-state index is 12.1. The third-order valence-electron chi connectivity index (χ3n) is 4.66. The van der Waals surface area contributed by atoms with Crippen LogP contribution in [0.3, 0.4) is 0 Å². The predicted octanol–water partition coefficient (Wildman–Crippen LogP) is 3.34. The number of nitrogens with one attached hydrogen (secondary N) is 1. The fourth-order valence-corrected chi connectivity index (χ4v) is 3.36. The minimum absolute atomic E-state index is 0.220. The van der Waals surface area contributed by atoms with Gasteiger partial charge in [0.15, 0.2) is 11.5 Å². The minimum Gasteiger partial charge on any atom is -0.497 e. The first-order valence-corrected chi connectivity index (χ1v) is 8.85. The molecule has 1 aromatic heterocycles. The molecule has 0 fully saturated rings. The predicted molar refractivity (Wildman–Crippen MR) is 104 cm³/mol. The van der Waals surface area contributed by atoms with E-state index in [-0.39, 0.29) is 5.91 Å². The zero-order valence-electron chi connectivity index (χ0n) is 15.9. The summed E-state index contributed by atoms with van der Waals surface area (Å²) in [5.41, 5.74) is 2.21. The van der Waals surface area contributed by atoms with Crippen molar-refractivity contribution in [1.82, 2.24) is 10.3 Å². The van der Waals surface area contributed by atoms with E-state index >= 15 is 0 Å². The van der Waals surface area contributed by atoms with Gasteiger partial charge in [-0.05, 0) is 18.2 Å². The average Bonchev–Trinajstić information content (AvgIpc) is 3.22. The second-order valence-electron chi connectivity index (χ2n) is 6.27. The van der Waals surface area contributed by atoms with Gasteiger partial charge in [0.2, 0.25) is 0 Å². The van der Waals surface area contributed by atoms with E-state index in [9.17, 15) is 4.79 Å². The highest BCUT2D eigenvalue weighted by molar-refractivity contribution is 5.95. The summed E-state index contributed by atoms with van der Waals surface area (Å²) in [6.45, 7) is 0.582. The second-order valence-corrected chi connectivity index (χ2v) is 6.27. The van der Waals surface area contributed by atoms with Gasteiger partial charge in [-0.1, -0.05) is 0 Å². The van der Waals surface area contributed by atoms with E-state index in [1.807, 2.05) is 6.07 Å². The second kappa shape index (κ2) is 7.26. The van der Waals surface area contributed by atoms with Crippen LogP contribution < -0.4 is 24.3 Å². The lowest BCUT2D eigenvalue weighted by Crippen LogP contribution is -2.17. The van der Waals surface area contributed by atoms with Gasteiger partial charge in [0.1, 0.15) is 17.2 Å². The summed E-state index contributed by atoms with van der Waals surface area (Å²) in [6.07, 6.45) is 2.42. The molecule has 3 aromatic rings. The van der Waals surface area contributed by atoms with E-state index in [0.717, 1.165) is 28.6 Å². The molecular formula is C21H20N2O5. The van der Waals surface area contributed by atoms with Crippen molar-refractivity contribution in [2.45, 2.75) is 6.42 Å². The first kappa shape index (κ1) is 17.9. The van der Waals surface area contributed by atoms with Crippen LogP contribution in [0.15, 0.2) is 36.5 Å². The van der Waals surface area contributed by atoms with Gasteiger partial charge >= 0.3 is 0 Å². The molecule has 7 heteroatoms. The van der Waals surface area contributed by atoms with Crippen LogP contribution in [0.2, 0.25) is 0 Å². The van der Waals surface area contributed by atoms with Gasteiger partial charge < -0.3 is 24.3 Å². The summed E-state index contributed by atoms with van der Waals surface area (Å²) in [5, 5.41) is 3.48. The zero-order chi connectivity index (χ0) is 19.7. The van der Waals surface area contributed by atoms with Crippen molar-refractivity contribution < 1.29 is 23.7 Å². The number of rotatable bonds is 5. The molecule has 4 rings (SSSR count). The number of carbonyl (C=O) groups is 1. The molecule has 0 saturated carbocycles. The molecule has 0 aliphatic carbocycles. The summed E-state index contributed by atoms with van der Waals surface area (Å²) in [6, 6.07) is 8.71. The van der Waals surface area contributed by atoms with Crippen molar-refractivity contribution in [3.63, 3.8) is 0 Å². The summed E-state index contributed by atoms with van der Waals surface area (Å²) >= 11 is 0. The fourth-order valence-electron chi connectivity index (χ4n) is 3.36. The maximum Gasteiger partial charge on any atom is 0.251 e. The Kier molecular flexibility index (Phi) is 4.65. The fraction of sp³-hybridized carbons (Fsp3) is 0.238. The lowest BCUT2D eigenvalue weighted by molar-refractivity contribution is 0.0962. The Balaban J connectivity index is 1.83. The van der Waals surface area contributed by atoms with Crippen LogP contribution in [0.4, 0.5) is 0 Å². The molecule has 1 N–H and O–H groups in total. The maximum atomic E-state index is 12.1. The number of ether oxygens (including phenoxy) is 4. The first-order chi connectivity index (χ1) is 13.6. The Labute approximate surface area is 162 Å². The molecule has 7 nitrogen and oxygen atoms in total. The smallest absolute Gasteiger partial charge is 0.251 e. The molecule has 1 aliphatic heterocycles. The molecule has 1 aliphatic rings. The largest absolute Gasteiger partial charge is 0.497 e. The lowest BCUT2D eigenvalue weighted by atomic mass is 10.0. The number of methoxy groups -OCH3 is 2. The van der Waals surface area contributed by atoms with Gasteiger partial charge in [-0.25, -0.2) is 0 Å². The van der Waals surface area contributed by atoms with E-state index < -0.39 is 0 Å². The van der Waals surface area contributed by atoms with Crippen molar-refractivity contribution in [3.05, 3.63) is 47.7 Å². The van der Waals surface area contributed by atoms with E-state index in [2.05, 4.69) is 10.3 Å². The molecule has 144 valence electrons. The highest BCUT2D eigenvalue weighted by atomic mass is 16.5. The number of aromatic nitrogens is 1. The van der Waals surface area contributed by atoms with E-state index in [1.165, 1.54) is 0 Å². The molecule has 2 aromatic carbocycles. The molecule has 1 amide bonds. The summed E-state index contributed by atoms with van der Waals surface area (Å²) in [5.74, 6) is 2.82. The Morgan fingerprint density at radius 1 is 1.11 bits per heavy atom. The third-order valence-corrected chi connectivity index (χ3v) is 4.66. The van der Waals surface area contributed by atoms with Crippen molar-refractivity contribution in [1.29, 1.82) is 0 Å². The van der Waals surface area contributed by atoms with Crippen LogP contribution in [-0.4, -0.2) is 38.8 Å². The van der Waals surface area contributed by atoms with Crippen LogP contribution >= 0.6 is 0 Å². The van der Waals surface area contributed by atoms with Crippen molar-refractivity contribution >= 4 is 16.8 Å². The SMILES string of the molecule is CNC(=O)c1cc(OC)cc(Oc2ccnc3cc(OC)c4c(c23)CCO4)c1. The Morgan fingerprint density at radius 3 is 2.68 bits per heavy atom. The number of nitrogens with zero attached hydrogens (tertiary/aromatic N) is 1. The van der Waals surface area contributed by atoms with Crippen molar-refractivity contribution in [3.8, 4) is 28.7 Å². The standard InChI is InChI=1S/C21H20N2O5/c1-22-21(24)12-8-13(25-2)10-14(9-12)28-17-4-6-23-16-11-18(26-3)20-15(19(16)17)5-7-27-20/h4,6,8-11H,5,7H2,1-3H3,(H,22,24). The molecule has 2 heterocycles. The zero-order valence-corrected chi connectivity index (χ0v) is 15.9. The normalized spacial score (nSPS) is 12.2. The molecule has 0 saturated heterocycles. The average molecular weight is 380 g/mol. The lowest BCUT2D eigenvalue weighted by Gasteiger charge is -2.14. The van der Waals surface area contributed by atoms with Crippen LogP contribution in [0.5, 0.6) is 28.7 Å². The summed E-state index contributed by atoms with van der Waals surface area (Å²) in [7, 11) is 4.74. The third kappa shape index (κ3) is 3.05. The number of pyridine rings is 1. The molecule has 0 bridgehead atoms. The Hall–Kier alpha value is -3.48. The molecule has 0 unspecified atom stereocenters.